The molecule has 0 aromatic heterocycles. The van der Waals surface area contributed by atoms with Crippen LogP contribution in [0.4, 0.5) is 0 Å². The van der Waals surface area contributed by atoms with Gasteiger partial charge in [0.25, 0.3) is 0 Å². The van der Waals surface area contributed by atoms with Crippen LogP contribution in [0.5, 0.6) is 11.5 Å². The number of nitrogens with one attached hydrogen (secondary N) is 2. The van der Waals surface area contributed by atoms with E-state index in [4.69, 9.17) is 9.47 Å². The van der Waals surface area contributed by atoms with Gasteiger partial charge in [-0.15, -0.1) is 0 Å². The minimum absolute atomic E-state index is 0.0336. The van der Waals surface area contributed by atoms with Crippen molar-refractivity contribution in [2.75, 3.05) is 13.2 Å². The summed E-state index contributed by atoms with van der Waals surface area (Å²) in [5.74, 6) is 1.58. The quantitative estimate of drug-likeness (QED) is 0.850. The van der Waals surface area contributed by atoms with Crippen molar-refractivity contribution >= 4 is 5.91 Å². The third kappa shape index (κ3) is 3.94. The fraction of sp³-hybridized carbons (Fsp3) is 0.350. The van der Waals surface area contributed by atoms with Gasteiger partial charge in [0.2, 0.25) is 5.91 Å². The van der Waals surface area contributed by atoms with E-state index < -0.39 is 0 Å². The smallest absolute Gasteiger partial charge is 0.241 e. The lowest BCUT2D eigenvalue weighted by Gasteiger charge is -2.21. The fourth-order valence-electron chi connectivity index (χ4n) is 2.94. The van der Waals surface area contributed by atoms with Crippen LogP contribution < -0.4 is 20.1 Å². The fourth-order valence-corrected chi connectivity index (χ4v) is 2.94. The second-order valence-electron chi connectivity index (χ2n) is 6.49. The Kier molecular flexibility index (Phi) is 4.57. The third-order valence-corrected chi connectivity index (χ3v) is 4.44. The molecule has 4 rings (SSSR count). The number of hydrogen-bond acceptors (Lipinski definition) is 4. The van der Waals surface area contributed by atoms with E-state index in [0.29, 0.717) is 25.8 Å². The largest absolute Gasteiger partial charge is 0.486 e. The van der Waals surface area contributed by atoms with Crippen LogP contribution in [0.15, 0.2) is 48.5 Å². The molecule has 2 aliphatic rings. The van der Waals surface area contributed by atoms with Crippen LogP contribution in [0.3, 0.4) is 0 Å². The Morgan fingerprint density at radius 3 is 2.56 bits per heavy atom. The van der Waals surface area contributed by atoms with E-state index in [1.54, 1.807) is 0 Å². The lowest BCUT2D eigenvalue weighted by molar-refractivity contribution is -0.123. The van der Waals surface area contributed by atoms with Gasteiger partial charge in [0, 0.05) is 12.6 Å². The molecular formula is C20H22N2O3. The van der Waals surface area contributed by atoms with E-state index in [1.807, 2.05) is 48.5 Å². The maximum atomic E-state index is 12.6. The summed E-state index contributed by atoms with van der Waals surface area (Å²) < 4.78 is 11.2. The van der Waals surface area contributed by atoms with Gasteiger partial charge in [-0.1, -0.05) is 36.4 Å². The second kappa shape index (κ2) is 7.15. The molecule has 130 valence electrons. The molecule has 0 bridgehead atoms. The Bertz CT molecular complexity index is 744. The van der Waals surface area contributed by atoms with E-state index in [0.717, 1.165) is 35.5 Å². The van der Waals surface area contributed by atoms with Crippen LogP contribution in [-0.2, 0) is 11.3 Å². The molecule has 1 aliphatic carbocycles. The zero-order valence-electron chi connectivity index (χ0n) is 14.0. The third-order valence-electron chi connectivity index (χ3n) is 4.44. The van der Waals surface area contributed by atoms with Crippen molar-refractivity contribution in [2.45, 2.75) is 31.5 Å². The minimum Gasteiger partial charge on any atom is -0.486 e. The number of hydrogen-bond donors (Lipinski definition) is 2. The van der Waals surface area contributed by atoms with Crippen molar-refractivity contribution in [1.82, 2.24) is 10.6 Å². The van der Waals surface area contributed by atoms with Gasteiger partial charge in [-0.3, -0.25) is 10.1 Å². The normalized spacial score (nSPS) is 17.0. The molecule has 1 aliphatic heterocycles. The first-order valence-electron chi connectivity index (χ1n) is 8.77. The van der Waals surface area contributed by atoms with E-state index in [2.05, 4.69) is 10.6 Å². The highest BCUT2D eigenvalue weighted by molar-refractivity contribution is 5.83. The molecule has 0 unspecified atom stereocenters. The molecule has 0 spiro atoms. The number of benzene rings is 2. The highest BCUT2D eigenvalue weighted by Gasteiger charge is 2.28. The Balaban J connectivity index is 1.47. The van der Waals surface area contributed by atoms with E-state index >= 15 is 0 Å². The zero-order valence-corrected chi connectivity index (χ0v) is 14.0. The first-order chi connectivity index (χ1) is 12.3. The summed E-state index contributed by atoms with van der Waals surface area (Å²) in [6.07, 6.45) is 2.16. The van der Waals surface area contributed by atoms with Crippen molar-refractivity contribution in [3.63, 3.8) is 0 Å². The summed E-state index contributed by atoms with van der Waals surface area (Å²) in [4.78, 5) is 12.6. The van der Waals surface area contributed by atoms with E-state index in [9.17, 15) is 4.79 Å². The van der Waals surface area contributed by atoms with Crippen molar-refractivity contribution < 1.29 is 14.3 Å². The van der Waals surface area contributed by atoms with Crippen molar-refractivity contribution in [3.8, 4) is 11.5 Å². The van der Waals surface area contributed by atoms with Crippen LogP contribution >= 0.6 is 0 Å². The molecule has 1 saturated carbocycles. The molecule has 1 heterocycles. The average Bonchev–Trinajstić information content (AvgIpc) is 3.46. The van der Waals surface area contributed by atoms with Crippen LogP contribution in [0.25, 0.3) is 0 Å². The maximum Gasteiger partial charge on any atom is 0.241 e. The SMILES string of the molecule is O=C(NC1CC1)[C@H](NCc1ccc2c(c1)OCCO2)c1ccccc1. The number of rotatable bonds is 6. The lowest BCUT2D eigenvalue weighted by atomic mass is 10.1. The molecule has 0 saturated heterocycles. The summed E-state index contributed by atoms with van der Waals surface area (Å²) in [5.41, 5.74) is 2.03. The summed E-state index contributed by atoms with van der Waals surface area (Å²) >= 11 is 0. The monoisotopic (exact) mass is 338 g/mol. The van der Waals surface area contributed by atoms with Gasteiger partial charge in [-0.05, 0) is 36.1 Å². The molecule has 1 fully saturated rings. The first kappa shape index (κ1) is 16.0. The predicted molar refractivity (Wildman–Crippen MR) is 94.6 cm³/mol. The predicted octanol–water partition coefficient (Wildman–Crippen LogP) is 2.57. The van der Waals surface area contributed by atoms with E-state index in [-0.39, 0.29) is 11.9 Å². The molecule has 2 aromatic carbocycles. The molecular weight excluding hydrogens is 316 g/mol. The Morgan fingerprint density at radius 2 is 1.80 bits per heavy atom. The van der Waals surface area contributed by atoms with Gasteiger partial charge in [-0.25, -0.2) is 0 Å². The minimum atomic E-state index is -0.366. The number of carbonyl (C=O) groups is 1. The first-order valence-corrected chi connectivity index (χ1v) is 8.77. The van der Waals surface area contributed by atoms with Crippen LogP contribution in [0.1, 0.15) is 30.0 Å². The van der Waals surface area contributed by atoms with Gasteiger partial charge in [0.1, 0.15) is 19.3 Å². The number of ether oxygens (including phenoxy) is 2. The number of carbonyl (C=O) groups excluding carboxylic acids is 1. The van der Waals surface area contributed by atoms with Gasteiger partial charge in [0.15, 0.2) is 11.5 Å². The summed E-state index contributed by atoms with van der Waals surface area (Å²) in [6.45, 7) is 1.73. The molecule has 1 amide bonds. The Hall–Kier alpha value is -2.53. The molecule has 5 nitrogen and oxygen atoms in total. The van der Waals surface area contributed by atoms with Crippen LogP contribution in [0, 0.1) is 0 Å². The van der Waals surface area contributed by atoms with E-state index in [1.165, 1.54) is 0 Å². The van der Waals surface area contributed by atoms with Crippen LogP contribution in [-0.4, -0.2) is 25.2 Å². The van der Waals surface area contributed by atoms with Gasteiger partial charge in [-0.2, -0.15) is 0 Å². The average molecular weight is 338 g/mol. The second-order valence-corrected chi connectivity index (χ2v) is 6.49. The Labute approximate surface area is 147 Å². The lowest BCUT2D eigenvalue weighted by Crippen LogP contribution is -2.38. The van der Waals surface area contributed by atoms with Gasteiger partial charge >= 0.3 is 0 Å². The summed E-state index contributed by atoms with van der Waals surface area (Å²) in [7, 11) is 0. The zero-order chi connectivity index (χ0) is 17.1. The summed E-state index contributed by atoms with van der Waals surface area (Å²) in [6, 6.07) is 15.7. The van der Waals surface area contributed by atoms with Crippen molar-refractivity contribution in [2.24, 2.45) is 0 Å². The highest BCUT2D eigenvalue weighted by atomic mass is 16.6. The van der Waals surface area contributed by atoms with Gasteiger partial charge < -0.3 is 14.8 Å². The molecule has 2 aromatic rings. The van der Waals surface area contributed by atoms with Crippen LogP contribution in [0.2, 0.25) is 0 Å². The van der Waals surface area contributed by atoms with Crippen molar-refractivity contribution in [1.29, 1.82) is 0 Å². The maximum absolute atomic E-state index is 12.6. The highest BCUT2D eigenvalue weighted by Crippen LogP contribution is 2.31. The molecule has 1 atom stereocenters. The van der Waals surface area contributed by atoms with Crippen molar-refractivity contribution in [3.05, 3.63) is 59.7 Å². The summed E-state index contributed by atoms with van der Waals surface area (Å²) in [5, 5.41) is 6.48. The van der Waals surface area contributed by atoms with Gasteiger partial charge in [0.05, 0.1) is 0 Å². The number of amides is 1. The number of fused-ring (bicyclic) bond motifs is 1. The molecule has 5 heteroatoms. The topological polar surface area (TPSA) is 59.6 Å². The Morgan fingerprint density at radius 1 is 1.04 bits per heavy atom. The standard InChI is InChI=1S/C20H22N2O3/c23-20(22-16-7-8-16)19(15-4-2-1-3-5-15)21-13-14-6-9-17-18(12-14)25-11-10-24-17/h1-6,9,12,16,19,21H,7-8,10-11,13H2,(H,22,23)/t19-/m1/s1. The molecule has 25 heavy (non-hydrogen) atoms. The molecule has 2 N–H and O–H groups in total. The molecule has 0 radical (unpaired) electrons.